The number of sulfonamides is 1. The van der Waals surface area contributed by atoms with Crippen molar-refractivity contribution in [3.63, 3.8) is 0 Å². The molecule has 3 atom stereocenters. The van der Waals surface area contributed by atoms with Crippen molar-refractivity contribution in [1.29, 1.82) is 0 Å². The molecular formula is C24H19BrClN3O6S. The van der Waals surface area contributed by atoms with Gasteiger partial charge in [-0.3, -0.25) is 19.6 Å². The number of halogens is 2. The molecule has 0 heterocycles. The summed E-state index contributed by atoms with van der Waals surface area (Å²) in [5.41, 5.74) is 2.08. The number of amides is 1. The third-order valence-electron chi connectivity index (χ3n) is 6.52. The molecule has 1 saturated carbocycles. The Morgan fingerprint density at radius 3 is 2.67 bits per heavy atom. The van der Waals surface area contributed by atoms with Crippen molar-refractivity contribution in [2.75, 3.05) is 11.8 Å². The summed E-state index contributed by atoms with van der Waals surface area (Å²) in [5, 5.41) is 14.2. The number of carbonyl (C=O) groups excluding carboxylic acids is 1. The third-order valence-corrected chi connectivity index (χ3v) is 8.71. The van der Waals surface area contributed by atoms with E-state index in [2.05, 4.69) is 38.1 Å². The fourth-order valence-electron chi connectivity index (χ4n) is 4.73. The molecule has 0 saturated heterocycles. The van der Waals surface area contributed by atoms with Crippen molar-refractivity contribution in [3.05, 3.63) is 90.9 Å². The molecule has 36 heavy (non-hydrogen) atoms. The maximum absolute atomic E-state index is 13.1. The number of nitro groups is 1. The van der Waals surface area contributed by atoms with E-state index in [0.717, 1.165) is 17.0 Å². The summed E-state index contributed by atoms with van der Waals surface area (Å²) < 4.78 is 34.6. The molecule has 3 unspecified atom stereocenters. The maximum atomic E-state index is 13.1. The Bertz CT molecular complexity index is 1530. The number of non-ortho nitro benzene ring substituents is 1. The van der Waals surface area contributed by atoms with Gasteiger partial charge < -0.3 is 10.1 Å². The van der Waals surface area contributed by atoms with Gasteiger partial charge in [-0.2, -0.15) is 0 Å². The Labute approximate surface area is 220 Å². The SMILES string of the molecule is COc1ccc([N+](=O)[O-])cc1NS(=O)(=O)c1ccc(Cl)c(C(=O)NC2C3Cc4ccc(Br)cc4C32)c1. The molecule has 0 radical (unpaired) electrons. The van der Waals surface area contributed by atoms with Crippen LogP contribution in [0, 0.1) is 16.0 Å². The molecular weight excluding hydrogens is 574 g/mol. The van der Waals surface area contributed by atoms with Crippen LogP contribution in [0.1, 0.15) is 27.4 Å². The first-order valence-corrected chi connectivity index (χ1v) is 13.5. The normalized spacial score (nSPS) is 19.7. The molecule has 0 bridgehead atoms. The summed E-state index contributed by atoms with van der Waals surface area (Å²) in [6.45, 7) is 0. The van der Waals surface area contributed by atoms with E-state index in [9.17, 15) is 23.3 Å². The van der Waals surface area contributed by atoms with E-state index in [4.69, 9.17) is 16.3 Å². The van der Waals surface area contributed by atoms with E-state index in [0.29, 0.717) is 5.92 Å². The highest BCUT2D eigenvalue weighted by Gasteiger charge is 2.56. The molecule has 2 aliphatic carbocycles. The van der Waals surface area contributed by atoms with Crippen LogP contribution in [0.2, 0.25) is 5.02 Å². The molecule has 0 spiro atoms. The van der Waals surface area contributed by atoms with Crippen LogP contribution in [0.5, 0.6) is 5.75 Å². The second-order valence-electron chi connectivity index (χ2n) is 8.62. The van der Waals surface area contributed by atoms with Gasteiger partial charge in [-0.15, -0.1) is 0 Å². The highest BCUT2D eigenvalue weighted by atomic mass is 79.9. The summed E-state index contributed by atoms with van der Waals surface area (Å²) in [5.74, 6) is 0.145. The number of methoxy groups -OCH3 is 1. The molecule has 1 amide bonds. The van der Waals surface area contributed by atoms with Crippen molar-refractivity contribution < 1.29 is 22.9 Å². The van der Waals surface area contributed by atoms with Gasteiger partial charge in [0.2, 0.25) is 0 Å². The number of carbonyl (C=O) groups is 1. The lowest BCUT2D eigenvalue weighted by Gasteiger charge is -2.14. The lowest BCUT2D eigenvalue weighted by molar-refractivity contribution is -0.384. The van der Waals surface area contributed by atoms with Crippen molar-refractivity contribution in [1.82, 2.24) is 5.32 Å². The molecule has 1 fully saturated rings. The fraction of sp³-hybridized carbons (Fsp3) is 0.208. The summed E-state index contributed by atoms with van der Waals surface area (Å²) in [6, 6.07) is 13.4. The molecule has 3 aromatic carbocycles. The highest BCUT2D eigenvalue weighted by molar-refractivity contribution is 9.10. The Morgan fingerprint density at radius 1 is 1.17 bits per heavy atom. The molecule has 9 nitrogen and oxygen atoms in total. The average Bonchev–Trinajstić information content (AvgIpc) is 3.35. The first-order chi connectivity index (χ1) is 17.1. The Kier molecular flexibility index (Phi) is 6.17. The number of anilines is 1. The number of ether oxygens (including phenoxy) is 1. The number of nitrogens with zero attached hydrogens (tertiary/aromatic N) is 1. The number of fused-ring (bicyclic) bond motifs is 3. The molecule has 2 N–H and O–H groups in total. The standard InChI is InChI=1S/C24H19BrClN3O6S/c1-35-21-7-4-14(29(31)32)10-20(21)28-36(33,34)15-5-6-19(26)17(11-15)24(30)27-23-18-8-12-2-3-13(25)9-16(12)22(18)23/h2-7,9-11,18,22-23,28H,8H2,1H3,(H,27,30). The number of nitrogens with one attached hydrogen (secondary N) is 2. The van der Waals surface area contributed by atoms with Crippen LogP contribution in [0.3, 0.4) is 0 Å². The summed E-state index contributed by atoms with van der Waals surface area (Å²) >= 11 is 9.74. The number of hydrogen-bond donors (Lipinski definition) is 2. The third kappa shape index (κ3) is 4.42. The topological polar surface area (TPSA) is 128 Å². The van der Waals surface area contributed by atoms with Crippen LogP contribution >= 0.6 is 27.5 Å². The minimum atomic E-state index is -4.23. The van der Waals surface area contributed by atoms with Gasteiger partial charge in [0.25, 0.3) is 21.6 Å². The summed E-state index contributed by atoms with van der Waals surface area (Å²) in [4.78, 5) is 23.3. The molecule has 186 valence electrons. The minimum Gasteiger partial charge on any atom is -0.495 e. The van der Waals surface area contributed by atoms with Gasteiger partial charge in [-0.05, 0) is 59.9 Å². The van der Waals surface area contributed by atoms with Crippen LogP contribution < -0.4 is 14.8 Å². The van der Waals surface area contributed by atoms with Crippen LogP contribution in [0.25, 0.3) is 0 Å². The molecule has 2 aliphatic rings. The van der Waals surface area contributed by atoms with Gasteiger partial charge in [-0.25, -0.2) is 8.42 Å². The van der Waals surface area contributed by atoms with Crippen molar-refractivity contribution >= 4 is 54.8 Å². The Hall–Kier alpha value is -3.15. The van der Waals surface area contributed by atoms with E-state index in [1.165, 1.54) is 48.6 Å². The zero-order valence-corrected chi connectivity index (χ0v) is 21.9. The number of rotatable bonds is 7. The number of nitro benzene ring substituents is 1. The quantitative estimate of drug-likeness (QED) is 0.297. The minimum absolute atomic E-state index is 0.0185. The highest BCUT2D eigenvalue weighted by Crippen LogP contribution is 2.56. The summed E-state index contributed by atoms with van der Waals surface area (Å²) in [7, 11) is -2.92. The van der Waals surface area contributed by atoms with Crippen molar-refractivity contribution in [3.8, 4) is 5.75 Å². The molecule has 3 aromatic rings. The van der Waals surface area contributed by atoms with Crippen LogP contribution in [-0.4, -0.2) is 32.4 Å². The van der Waals surface area contributed by atoms with E-state index < -0.39 is 20.9 Å². The van der Waals surface area contributed by atoms with E-state index in [1.54, 1.807) is 0 Å². The Balaban J connectivity index is 1.37. The second-order valence-corrected chi connectivity index (χ2v) is 11.6. The van der Waals surface area contributed by atoms with Gasteiger partial charge >= 0.3 is 0 Å². The van der Waals surface area contributed by atoms with Gasteiger partial charge in [-0.1, -0.05) is 33.6 Å². The fourth-order valence-corrected chi connectivity index (χ4v) is 6.40. The maximum Gasteiger partial charge on any atom is 0.271 e. The van der Waals surface area contributed by atoms with E-state index >= 15 is 0 Å². The lowest BCUT2D eigenvalue weighted by atomic mass is 10.0. The van der Waals surface area contributed by atoms with Crippen molar-refractivity contribution in [2.45, 2.75) is 23.3 Å². The van der Waals surface area contributed by atoms with Crippen molar-refractivity contribution in [2.24, 2.45) is 5.92 Å². The first-order valence-electron chi connectivity index (χ1n) is 10.8. The zero-order chi connectivity index (χ0) is 25.8. The molecule has 12 heteroatoms. The Morgan fingerprint density at radius 2 is 1.94 bits per heavy atom. The predicted octanol–water partition coefficient (Wildman–Crippen LogP) is 4.89. The van der Waals surface area contributed by atoms with Crippen LogP contribution in [0.15, 0.2) is 64.0 Å². The van der Waals surface area contributed by atoms with Gasteiger partial charge in [0.05, 0.1) is 33.2 Å². The average molecular weight is 593 g/mol. The number of benzene rings is 3. The monoisotopic (exact) mass is 591 g/mol. The van der Waals surface area contributed by atoms with Gasteiger partial charge in [0.15, 0.2) is 0 Å². The van der Waals surface area contributed by atoms with Gasteiger partial charge in [0, 0.05) is 28.6 Å². The predicted molar refractivity (Wildman–Crippen MR) is 137 cm³/mol. The summed E-state index contributed by atoms with van der Waals surface area (Å²) in [6.07, 6.45) is 0.870. The van der Waals surface area contributed by atoms with E-state index in [1.807, 2.05) is 6.07 Å². The van der Waals surface area contributed by atoms with Crippen LogP contribution in [-0.2, 0) is 16.4 Å². The molecule has 5 rings (SSSR count). The molecule has 0 aromatic heterocycles. The van der Waals surface area contributed by atoms with Gasteiger partial charge in [0.1, 0.15) is 5.75 Å². The largest absolute Gasteiger partial charge is 0.495 e. The second kappa shape index (κ2) is 9.06. The lowest BCUT2D eigenvalue weighted by Crippen LogP contribution is -2.29. The number of hydrogen-bond acceptors (Lipinski definition) is 6. The zero-order valence-electron chi connectivity index (χ0n) is 18.7. The van der Waals surface area contributed by atoms with E-state index in [-0.39, 0.29) is 44.6 Å². The molecule has 0 aliphatic heterocycles. The smallest absolute Gasteiger partial charge is 0.271 e. The first kappa shape index (κ1) is 24.5. The van der Waals surface area contributed by atoms with Crippen LogP contribution in [0.4, 0.5) is 11.4 Å².